The number of piperidine rings is 1. The predicted molar refractivity (Wildman–Crippen MR) is 84.6 cm³/mol. The van der Waals surface area contributed by atoms with Crippen molar-refractivity contribution in [2.75, 3.05) is 13.1 Å². The molecule has 1 aromatic heterocycles. The minimum Gasteiger partial charge on any atom is -0.348 e. The Morgan fingerprint density at radius 3 is 2.83 bits per heavy atom. The van der Waals surface area contributed by atoms with Gasteiger partial charge in [-0.05, 0) is 48.9 Å². The zero-order valence-electron chi connectivity index (χ0n) is 13.0. The van der Waals surface area contributed by atoms with Gasteiger partial charge in [0.25, 0.3) is 0 Å². The number of carbonyl (C=O) groups excluding carboxylic acids is 1. The fraction of sp³-hybridized carbons (Fsp3) is 0.444. The molecule has 1 saturated heterocycles. The molecule has 2 aliphatic rings. The van der Waals surface area contributed by atoms with E-state index in [1.54, 1.807) is 18.3 Å². The monoisotopic (exact) mass is 313 g/mol. The second kappa shape index (κ2) is 5.80. The van der Waals surface area contributed by atoms with Gasteiger partial charge in [-0.25, -0.2) is 9.37 Å². The SMILES string of the molecule is O=C(C1CCc2cc(F)ccc21)N1CCC(c2ncc[nH]2)CC1. The van der Waals surface area contributed by atoms with Gasteiger partial charge >= 0.3 is 0 Å². The van der Waals surface area contributed by atoms with Crippen molar-refractivity contribution in [3.8, 4) is 0 Å². The van der Waals surface area contributed by atoms with Crippen LogP contribution in [0.1, 0.15) is 48.0 Å². The summed E-state index contributed by atoms with van der Waals surface area (Å²) in [7, 11) is 0. The summed E-state index contributed by atoms with van der Waals surface area (Å²) >= 11 is 0. The summed E-state index contributed by atoms with van der Waals surface area (Å²) in [5.74, 6) is 1.34. The van der Waals surface area contributed by atoms with Crippen LogP contribution in [0, 0.1) is 5.82 Å². The molecule has 1 unspecified atom stereocenters. The van der Waals surface area contributed by atoms with Gasteiger partial charge in [0.15, 0.2) is 0 Å². The van der Waals surface area contributed by atoms with Crippen molar-refractivity contribution in [1.82, 2.24) is 14.9 Å². The van der Waals surface area contributed by atoms with Crippen molar-refractivity contribution >= 4 is 5.91 Å². The molecule has 1 atom stereocenters. The fourth-order valence-corrected chi connectivity index (χ4v) is 3.94. The molecule has 2 aromatic rings. The predicted octanol–water partition coefficient (Wildman–Crippen LogP) is 2.98. The van der Waals surface area contributed by atoms with Gasteiger partial charge in [-0.3, -0.25) is 4.79 Å². The Kier molecular flexibility index (Phi) is 3.63. The van der Waals surface area contributed by atoms with E-state index in [-0.39, 0.29) is 17.6 Å². The van der Waals surface area contributed by atoms with E-state index < -0.39 is 0 Å². The second-order valence-corrected chi connectivity index (χ2v) is 6.51. The second-order valence-electron chi connectivity index (χ2n) is 6.51. The lowest BCUT2D eigenvalue weighted by Crippen LogP contribution is -2.40. The van der Waals surface area contributed by atoms with Crippen LogP contribution in [0.2, 0.25) is 0 Å². The van der Waals surface area contributed by atoms with Gasteiger partial charge in [0.2, 0.25) is 5.91 Å². The van der Waals surface area contributed by atoms with E-state index in [2.05, 4.69) is 9.97 Å². The van der Waals surface area contributed by atoms with Crippen molar-refractivity contribution in [3.63, 3.8) is 0 Å². The molecule has 1 N–H and O–H groups in total. The highest BCUT2D eigenvalue weighted by Gasteiger charge is 2.34. The average molecular weight is 313 g/mol. The number of fused-ring (bicyclic) bond motifs is 1. The molecule has 1 aromatic carbocycles. The molecule has 2 heterocycles. The molecule has 1 aliphatic carbocycles. The standard InChI is InChI=1S/C18H20FN3O/c19-14-2-4-15-13(11-14)1-3-16(15)18(23)22-9-5-12(6-10-22)17-20-7-8-21-17/h2,4,7-8,11-12,16H,1,3,5-6,9-10H2,(H,20,21). The highest BCUT2D eigenvalue weighted by Crippen LogP contribution is 2.36. The number of nitrogens with one attached hydrogen (secondary N) is 1. The molecule has 1 amide bonds. The number of nitrogens with zero attached hydrogens (tertiary/aromatic N) is 2. The molecule has 23 heavy (non-hydrogen) atoms. The number of aromatic nitrogens is 2. The van der Waals surface area contributed by atoms with Gasteiger partial charge < -0.3 is 9.88 Å². The van der Waals surface area contributed by atoms with Gasteiger partial charge in [0.1, 0.15) is 11.6 Å². The molecule has 5 heteroatoms. The Hall–Kier alpha value is -2.17. The van der Waals surface area contributed by atoms with E-state index >= 15 is 0 Å². The first-order valence-electron chi connectivity index (χ1n) is 8.29. The minimum atomic E-state index is -0.212. The van der Waals surface area contributed by atoms with Crippen LogP contribution in [0.4, 0.5) is 4.39 Å². The zero-order valence-corrected chi connectivity index (χ0v) is 13.0. The molecule has 0 spiro atoms. The maximum Gasteiger partial charge on any atom is 0.230 e. The van der Waals surface area contributed by atoms with Crippen LogP contribution in [0.25, 0.3) is 0 Å². The van der Waals surface area contributed by atoms with E-state index in [1.807, 2.05) is 11.1 Å². The third kappa shape index (κ3) is 2.64. The Labute approximate surface area is 134 Å². The lowest BCUT2D eigenvalue weighted by molar-refractivity contribution is -0.133. The first-order valence-corrected chi connectivity index (χ1v) is 8.29. The zero-order chi connectivity index (χ0) is 15.8. The summed E-state index contributed by atoms with van der Waals surface area (Å²) in [4.78, 5) is 22.3. The molecule has 4 nitrogen and oxygen atoms in total. The van der Waals surface area contributed by atoms with Crippen LogP contribution in [0.5, 0.6) is 0 Å². The molecule has 120 valence electrons. The number of likely N-dealkylation sites (tertiary alicyclic amines) is 1. The Bertz CT molecular complexity index is 705. The summed E-state index contributed by atoms with van der Waals surface area (Å²) in [6, 6.07) is 4.83. The average Bonchev–Trinajstić information content (AvgIpc) is 3.23. The minimum absolute atomic E-state index is 0.0919. The third-order valence-corrected chi connectivity index (χ3v) is 5.19. The van der Waals surface area contributed by atoms with E-state index in [0.29, 0.717) is 5.92 Å². The Morgan fingerprint density at radius 1 is 1.26 bits per heavy atom. The lowest BCUT2D eigenvalue weighted by atomic mass is 9.93. The summed E-state index contributed by atoms with van der Waals surface area (Å²) in [6.45, 7) is 1.55. The van der Waals surface area contributed by atoms with Gasteiger partial charge in [0.05, 0.1) is 5.92 Å². The number of aryl methyl sites for hydroxylation is 1. The lowest BCUT2D eigenvalue weighted by Gasteiger charge is -2.33. The number of benzene rings is 1. The normalized spacial score (nSPS) is 21.4. The number of hydrogen-bond donors (Lipinski definition) is 1. The number of rotatable bonds is 2. The van der Waals surface area contributed by atoms with Crippen molar-refractivity contribution in [2.24, 2.45) is 0 Å². The highest BCUT2D eigenvalue weighted by atomic mass is 19.1. The van der Waals surface area contributed by atoms with E-state index in [9.17, 15) is 9.18 Å². The topological polar surface area (TPSA) is 49.0 Å². The van der Waals surface area contributed by atoms with Crippen molar-refractivity contribution in [1.29, 1.82) is 0 Å². The van der Waals surface area contributed by atoms with Gasteiger partial charge in [0, 0.05) is 31.4 Å². The third-order valence-electron chi connectivity index (χ3n) is 5.19. The van der Waals surface area contributed by atoms with Crippen LogP contribution >= 0.6 is 0 Å². The van der Waals surface area contributed by atoms with Crippen LogP contribution in [-0.4, -0.2) is 33.9 Å². The number of imidazole rings is 1. The Balaban J connectivity index is 1.43. The van der Waals surface area contributed by atoms with Crippen molar-refractivity contribution < 1.29 is 9.18 Å². The van der Waals surface area contributed by atoms with Crippen molar-refractivity contribution in [2.45, 2.75) is 37.5 Å². The molecule has 4 rings (SSSR count). The largest absolute Gasteiger partial charge is 0.348 e. The number of H-pyrrole nitrogens is 1. The van der Waals surface area contributed by atoms with E-state index in [4.69, 9.17) is 0 Å². The molecule has 0 saturated carbocycles. The van der Waals surface area contributed by atoms with Crippen LogP contribution < -0.4 is 0 Å². The van der Waals surface area contributed by atoms with Crippen LogP contribution in [0.3, 0.4) is 0 Å². The maximum absolute atomic E-state index is 13.3. The summed E-state index contributed by atoms with van der Waals surface area (Å²) < 4.78 is 13.3. The van der Waals surface area contributed by atoms with Crippen LogP contribution in [0.15, 0.2) is 30.6 Å². The van der Waals surface area contributed by atoms with Gasteiger partial charge in [-0.1, -0.05) is 6.07 Å². The van der Waals surface area contributed by atoms with Crippen molar-refractivity contribution in [3.05, 3.63) is 53.4 Å². The number of amides is 1. The fourth-order valence-electron chi connectivity index (χ4n) is 3.94. The van der Waals surface area contributed by atoms with Gasteiger partial charge in [-0.2, -0.15) is 0 Å². The smallest absolute Gasteiger partial charge is 0.230 e. The summed E-state index contributed by atoms with van der Waals surface area (Å²) in [5.41, 5.74) is 2.01. The molecule has 1 aliphatic heterocycles. The van der Waals surface area contributed by atoms with Gasteiger partial charge in [-0.15, -0.1) is 0 Å². The summed E-state index contributed by atoms with van der Waals surface area (Å²) in [5, 5.41) is 0. The molecular formula is C18H20FN3O. The van der Waals surface area contributed by atoms with E-state index in [0.717, 1.165) is 55.7 Å². The molecule has 1 fully saturated rings. The van der Waals surface area contributed by atoms with E-state index in [1.165, 1.54) is 6.07 Å². The first-order chi connectivity index (χ1) is 11.2. The quantitative estimate of drug-likeness (QED) is 0.926. The highest BCUT2D eigenvalue weighted by molar-refractivity contribution is 5.85. The number of halogens is 1. The molecule has 0 bridgehead atoms. The number of hydrogen-bond acceptors (Lipinski definition) is 2. The Morgan fingerprint density at radius 2 is 2.09 bits per heavy atom. The summed E-state index contributed by atoms with van der Waals surface area (Å²) in [6.07, 6.45) is 7.12. The van der Waals surface area contributed by atoms with Crippen LogP contribution in [-0.2, 0) is 11.2 Å². The molecule has 0 radical (unpaired) electrons. The molecular weight excluding hydrogens is 293 g/mol. The maximum atomic E-state index is 13.3. The number of carbonyl (C=O) groups is 1. The number of aromatic amines is 1. The first kappa shape index (κ1) is 14.4.